The Morgan fingerprint density at radius 2 is 1.44 bits per heavy atom. The molecule has 0 atom stereocenters. The zero-order chi connectivity index (χ0) is 17.9. The van der Waals surface area contributed by atoms with Gasteiger partial charge in [-0.2, -0.15) is 0 Å². The molecule has 0 aromatic heterocycles. The quantitative estimate of drug-likeness (QED) is 0.431. The summed E-state index contributed by atoms with van der Waals surface area (Å²) in [4.78, 5) is 21.7. The van der Waals surface area contributed by atoms with Crippen molar-refractivity contribution >= 4 is 18.1 Å². The number of nitrogens with zero attached hydrogens (tertiary/aromatic N) is 4. The van der Waals surface area contributed by atoms with Crippen molar-refractivity contribution in [2.45, 2.75) is 25.4 Å². The third-order valence-electron chi connectivity index (χ3n) is 4.26. The van der Waals surface area contributed by atoms with Gasteiger partial charge in [0.05, 0.1) is 17.0 Å². The number of benzene rings is 2. The van der Waals surface area contributed by atoms with E-state index < -0.39 is 0 Å². The molecule has 0 amide bonds. The van der Waals surface area contributed by atoms with Crippen LogP contribution in [0.2, 0.25) is 0 Å². The predicted molar refractivity (Wildman–Crippen MR) is 106 cm³/mol. The first-order chi connectivity index (χ1) is 12.3. The summed E-state index contributed by atoms with van der Waals surface area (Å²) >= 11 is 0. The van der Waals surface area contributed by atoms with E-state index in [1.165, 1.54) is 5.56 Å². The number of likely N-dealkylation sites (tertiary alicyclic amines) is 1. The number of halogens is 1. The molecule has 0 spiro atoms. The Morgan fingerprint density at radius 1 is 0.963 bits per heavy atom. The van der Waals surface area contributed by atoms with Gasteiger partial charge in [-0.1, -0.05) is 48.5 Å². The normalized spacial score (nSPS) is 13.8. The maximum atomic E-state index is 11.2. The van der Waals surface area contributed by atoms with Gasteiger partial charge in [0.2, 0.25) is 0 Å². The van der Waals surface area contributed by atoms with Crippen molar-refractivity contribution in [1.82, 2.24) is 4.90 Å². The second kappa shape index (κ2) is 14.5. The van der Waals surface area contributed by atoms with E-state index in [-0.39, 0.29) is 48.0 Å². The van der Waals surface area contributed by atoms with Crippen LogP contribution in [0.25, 0.3) is 0 Å². The largest absolute Gasteiger partial charge is 1.00 e. The van der Waals surface area contributed by atoms with E-state index in [0.717, 1.165) is 43.5 Å². The Labute approximate surface area is 187 Å². The predicted octanol–water partition coefficient (Wildman–Crippen LogP) is 1.52. The number of anilines is 1. The van der Waals surface area contributed by atoms with Gasteiger partial charge in [0, 0.05) is 19.6 Å². The molecule has 27 heavy (non-hydrogen) atoms. The Bertz CT molecular complexity index is 644. The summed E-state index contributed by atoms with van der Waals surface area (Å²) in [7, 11) is 0. The number of hydrogen-bond donors (Lipinski definition) is 0. The number of rotatable bonds is 5. The van der Waals surface area contributed by atoms with Crippen LogP contribution in [0.1, 0.15) is 18.4 Å². The summed E-state index contributed by atoms with van der Waals surface area (Å²) < 4.78 is 0. The van der Waals surface area contributed by atoms with Crippen LogP contribution >= 0.6 is 12.4 Å². The van der Waals surface area contributed by atoms with Gasteiger partial charge in [-0.15, -0.1) is 22.7 Å². The summed E-state index contributed by atoms with van der Waals surface area (Å²) in [6.45, 7) is 2.98. The van der Waals surface area contributed by atoms with E-state index in [1.54, 1.807) is 5.01 Å². The molecule has 3 rings (SSSR count). The van der Waals surface area contributed by atoms with E-state index in [0.29, 0.717) is 0 Å². The molecule has 0 unspecified atom stereocenters. The minimum atomic E-state index is 0. The molecular weight excluding hydrogens is 379 g/mol. The van der Waals surface area contributed by atoms with Crippen LogP contribution < -0.4 is 34.6 Å². The van der Waals surface area contributed by atoms with Crippen LogP contribution in [0.5, 0.6) is 0 Å². The van der Waals surface area contributed by atoms with Crippen molar-refractivity contribution < 1.29 is 29.6 Å². The third-order valence-corrected chi connectivity index (χ3v) is 4.26. The van der Waals surface area contributed by atoms with Gasteiger partial charge in [-0.05, 0) is 30.5 Å². The molecule has 140 valence electrons. The smallest absolute Gasteiger partial charge is 0.444 e. The molecule has 1 saturated heterocycles. The second-order valence-corrected chi connectivity index (χ2v) is 5.83. The van der Waals surface area contributed by atoms with E-state index in [9.17, 15) is 4.91 Å². The fourth-order valence-electron chi connectivity index (χ4n) is 3.07. The minimum Gasteiger partial charge on any atom is -0.444 e. The Balaban J connectivity index is 0.00000127. The zero-order valence-electron chi connectivity index (χ0n) is 15.3. The molecule has 0 radical (unpaired) electrons. The number of piperidine rings is 1. The van der Waals surface area contributed by atoms with Crippen molar-refractivity contribution in [3.8, 4) is 0 Å². The SMILES string of the molecule is Cl.O=NN(c1ccccc1)C1CCN(Cc2ccccc2)CC1.O=N[O-].[Na+]. The fourth-order valence-corrected chi connectivity index (χ4v) is 3.07. The molecular formula is C18H22ClN4NaO3. The zero-order valence-corrected chi connectivity index (χ0v) is 18.1. The maximum Gasteiger partial charge on any atom is 1.00 e. The summed E-state index contributed by atoms with van der Waals surface area (Å²) in [6.07, 6.45) is 1.93. The van der Waals surface area contributed by atoms with Crippen LogP contribution in [-0.4, -0.2) is 24.0 Å². The number of hydrogen-bond acceptors (Lipinski definition) is 6. The van der Waals surface area contributed by atoms with E-state index >= 15 is 0 Å². The summed E-state index contributed by atoms with van der Waals surface area (Å²) in [5.74, 6) is 0. The van der Waals surface area contributed by atoms with E-state index in [4.69, 9.17) is 10.1 Å². The fraction of sp³-hybridized carbons (Fsp3) is 0.333. The molecule has 1 aliphatic heterocycles. The minimum absolute atomic E-state index is 0. The summed E-state index contributed by atoms with van der Waals surface area (Å²) in [6, 6.07) is 20.5. The van der Waals surface area contributed by atoms with Crippen molar-refractivity contribution in [2.75, 3.05) is 18.1 Å². The molecule has 0 bridgehead atoms. The average molecular weight is 401 g/mol. The van der Waals surface area contributed by atoms with Crippen LogP contribution in [0, 0.1) is 15.0 Å². The first-order valence-corrected chi connectivity index (χ1v) is 8.17. The molecule has 0 N–H and O–H groups in total. The monoisotopic (exact) mass is 400 g/mol. The molecule has 2 aromatic rings. The molecule has 1 fully saturated rings. The van der Waals surface area contributed by atoms with Gasteiger partial charge in [0.25, 0.3) is 0 Å². The average Bonchev–Trinajstić information content (AvgIpc) is 2.66. The molecule has 1 heterocycles. The van der Waals surface area contributed by atoms with Gasteiger partial charge in [0.15, 0.2) is 0 Å². The molecule has 0 saturated carbocycles. The number of para-hydroxylation sites is 1. The van der Waals surface area contributed by atoms with Crippen LogP contribution in [0.15, 0.2) is 71.3 Å². The first-order valence-electron chi connectivity index (χ1n) is 8.17. The van der Waals surface area contributed by atoms with Crippen molar-refractivity contribution in [3.05, 3.63) is 81.2 Å². The second-order valence-electron chi connectivity index (χ2n) is 5.83. The molecule has 1 aliphatic rings. The molecule has 9 heteroatoms. The van der Waals surface area contributed by atoms with Crippen molar-refractivity contribution in [1.29, 1.82) is 0 Å². The number of nitroso groups, excluding NO2 is 1. The van der Waals surface area contributed by atoms with Gasteiger partial charge in [-0.3, -0.25) is 4.90 Å². The summed E-state index contributed by atoms with van der Waals surface area (Å²) in [5.41, 5.74) is 2.23. The van der Waals surface area contributed by atoms with Crippen molar-refractivity contribution in [3.63, 3.8) is 0 Å². The Morgan fingerprint density at radius 3 is 1.93 bits per heavy atom. The molecule has 0 aliphatic carbocycles. The first kappa shape index (κ1) is 25.5. The molecule has 2 aromatic carbocycles. The van der Waals surface area contributed by atoms with E-state index in [2.05, 4.69) is 34.5 Å². The topological polar surface area (TPSA) is 88.4 Å². The van der Waals surface area contributed by atoms with E-state index in [1.807, 2.05) is 36.4 Å². The van der Waals surface area contributed by atoms with Gasteiger partial charge >= 0.3 is 29.6 Å². The van der Waals surface area contributed by atoms with Crippen molar-refractivity contribution in [2.24, 2.45) is 10.6 Å². The van der Waals surface area contributed by atoms with Crippen LogP contribution in [0.4, 0.5) is 5.69 Å². The van der Waals surface area contributed by atoms with Crippen LogP contribution in [0.3, 0.4) is 0 Å². The van der Waals surface area contributed by atoms with Gasteiger partial charge in [-0.25, -0.2) is 5.01 Å². The van der Waals surface area contributed by atoms with Gasteiger partial charge < -0.3 is 10.1 Å². The third kappa shape index (κ3) is 8.36. The van der Waals surface area contributed by atoms with Crippen LogP contribution in [-0.2, 0) is 6.54 Å². The van der Waals surface area contributed by atoms with Gasteiger partial charge in [0.1, 0.15) is 0 Å². The summed E-state index contributed by atoms with van der Waals surface area (Å²) in [5, 5.41) is 13.9. The maximum absolute atomic E-state index is 11.2. The Kier molecular flexibility index (Phi) is 13.7. The standard InChI is InChI=1S/C18H21N3O.ClH.HNO2.Na/c22-19-21(17-9-5-2-6-10-17)18-11-13-20(14-12-18)15-16-7-3-1-4-8-16;;2-1-3;/h1-10,18H,11-15H2;1H;(H,2,3);/q;;;+1/p-1. The molecule has 7 nitrogen and oxygen atoms in total. The Hall–Kier alpha value is -1.51.